The van der Waals surface area contributed by atoms with Crippen molar-refractivity contribution in [2.24, 2.45) is 5.41 Å². The van der Waals surface area contributed by atoms with Crippen molar-refractivity contribution in [3.05, 3.63) is 0 Å². The highest BCUT2D eigenvalue weighted by Gasteiger charge is 2.30. The van der Waals surface area contributed by atoms with Gasteiger partial charge in [-0.25, -0.2) is 0 Å². The molecule has 1 fully saturated rings. The van der Waals surface area contributed by atoms with Gasteiger partial charge in [0, 0.05) is 19.1 Å². The van der Waals surface area contributed by atoms with Gasteiger partial charge in [-0.2, -0.15) is 0 Å². The van der Waals surface area contributed by atoms with Crippen molar-refractivity contribution in [1.82, 2.24) is 10.2 Å². The minimum absolute atomic E-state index is 0.321. The molecule has 1 aliphatic rings. The van der Waals surface area contributed by atoms with Gasteiger partial charge in [0.05, 0.1) is 6.61 Å². The average molecular weight is 242 g/mol. The second-order valence-corrected chi connectivity index (χ2v) is 5.89. The molecule has 17 heavy (non-hydrogen) atoms. The summed E-state index contributed by atoms with van der Waals surface area (Å²) in [5.41, 5.74) is 0.342. The third kappa shape index (κ3) is 4.57. The van der Waals surface area contributed by atoms with Crippen LogP contribution in [0.4, 0.5) is 0 Å². The van der Waals surface area contributed by atoms with Crippen LogP contribution in [0.15, 0.2) is 0 Å². The number of piperidine rings is 1. The molecule has 0 radical (unpaired) electrons. The number of nitrogens with zero attached hydrogens (tertiary/aromatic N) is 1. The van der Waals surface area contributed by atoms with Crippen LogP contribution < -0.4 is 5.32 Å². The molecule has 2 N–H and O–H groups in total. The van der Waals surface area contributed by atoms with E-state index in [1.54, 1.807) is 0 Å². The minimum Gasteiger partial charge on any atom is -0.395 e. The lowest BCUT2D eigenvalue weighted by atomic mass is 9.83. The molecule has 1 rings (SSSR count). The highest BCUT2D eigenvalue weighted by molar-refractivity contribution is 4.85. The lowest BCUT2D eigenvalue weighted by molar-refractivity contribution is 0.0498. The van der Waals surface area contributed by atoms with Gasteiger partial charge in [0.25, 0.3) is 0 Å². The first-order chi connectivity index (χ1) is 8.15. The van der Waals surface area contributed by atoms with E-state index < -0.39 is 0 Å². The van der Waals surface area contributed by atoms with Crippen LogP contribution in [0.2, 0.25) is 0 Å². The van der Waals surface area contributed by atoms with Gasteiger partial charge in [0.15, 0.2) is 0 Å². The van der Waals surface area contributed by atoms with Crippen molar-refractivity contribution in [2.45, 2.75) is 52.0 Å². The lowest BCUT2D eigenvalue weighted by Gasteiger charge is -2.41. The molecule has 0 spiro atoms. The average Bonchev–Trinajstić information content (AvgIpc) is 2.30. The van der Waals surface area contributed by atoms with Crippen LogP contribution in [0.1, 0.15) is 46.0 Å². The van der Waals surface area contributed by atoms with Crippen molar-refractivity contribution in [3.8, 4) is 0 Å². The van der Waals surface area contributed by atoms with Gasteiger partial charge in [0.2, 0.25) is 0 Å². The zero-order chi connectivity index (χ0) is 12.7. The predicted octanol–water partition coefficient (Wildman–Crippen LogP) is 1.86. The summed E-state index contributed by atoms with van der Waals surface area (Å²) in [7, 11) is 2.04. The van der Waals surface area contributed by atoms with Crippen molar-refractivity contribution in [1.29, 1.82) is 0 Å². The monoisotopic (exact) mass is 242 g/mol. The maximum atomic E-state index is 9.46. The fraction of sp³-hybridized carbons (Fsp3) is 1.00. The van der Waals surface area contributed by atoms with Crippen LogP contribution in [-0.4, -0.2) is 49.3 Å². The number of rotatable bonds is 7. The summed E-state index contributed by atoms with van der Waals surface area (Å²) in [6.07, 6.45) is 6.22. The van der Waals surface area contributed by atoms with Crippen molar-refractivity contribution in [2.75, 3.05) is 33.3 Å². The van der Waals surface area contributed by atoms with E-state index in [0.29, 0.717) is 18.1 Å². The summed E-state index contributed by atoms with van der Waals surface area (Å²) in [6, 6.07) is 0.400. The van der Waals surface area contributed by atoms with Gasteiger partial charge in [-0.1, -0.05) is 26.7 Å². The SMILES string of the molecule is CCCC(C)(CNC)CN1CCCCC1CO. The van der Waals surface area contributed by atoms with Crippen molar-refractivity contribution < 1.29 is 5.11 Å². The number of aliphatic hydroxyl groups is 1. The van der Waals surface area contributed by atoms with Crippen molar-refractivity contribution in [3.63, 3.8) is 0 Å². The molecule has 0 bridgehead atoms. The maximum Gasteiger partial charge on any atom is 0.0586 e. The number of aliphatic hydroxyl groups excluding tert-OH is 1. The lowest BCUT2D eigenvalue weighted by Crippen LogP contribution is -2.49. The van der Waals surface area contributed by atoms with Gasteiger partial charge in [-0.3, -0.25) is 4.90 Å². The van der Waals surface area contributed by atoms with E-state index in [4.69, 9.17) is 0 Å². The van der Waals surface area contributed by atoms with E-state index in [-0.39, 0.29) is 0 Å². The summed E-state index contributed by atoms with van der Waals surface area (Å²) in [5, 5.41) is 12.8. The van der Waals surface area contributed by atoms with E-state index in [1.165, 1.54) is 25.7 Å². The fourth-order valence-electron chi connectivity index (χ4n) is 3.22. The summed E-state index contributed by atoms with van der Waals surface area (Å²) < 4.78 is 0. The van der Waals surface area contributed by atoms with E-state index in [2.05, 4.69) is 24.1 Å². The molecular weight excluding hydrogens is 212 g/mol. The first kappa shape index (κ1) is 14.9. The Morgan fingerprint density at radius 1 is 1.41 bits per heavy atom. The van der Waals surface area contributed by atoms with Gasteiger partial charge in [-0.05, 0) is 38.3 Å². The molecular formula is C14H30N2O. The molecule has 2 atom stereocenters. The number of hydrogen-bond donors (Lipinski definition) is 2. The second kappa shape index (κ2) is 7.34. The standard InChI is InChI=1S/C14H30N2O/c1-4-8-14(2,11-15-3)12-16-9-6-5-7-13(16)10-17/h13,15,17H,4-12H2,1-3H3. The summed E-state index contributed by atoms with van der Waals surface area (Å²) in [6.45, 7) is 8.29. The zero-order valence-electron chi connectivity index (χ0n) is 11.8. The van der Waals surface area contributed by atoms with Gasteiger partial charge < -0.3 is 10.4 Å². The first-order valence-electron chi connectivity index (χ1n) is 7.14. The number of nitrogens with one attached hydrogen (secondary N) is 1. The molecule has 2 unspecified atom stereocenters. The molecule has 0 aromatic heterocycles. The Labute approximate surface area is 107 Å². The molecule has 1 aliphatic heterocycles. The van der Waals surface area contributed by atoms with Crippen LogP contribution in [0.25, 0.3) is 0 Å². The Kier molecular flexibility index (Phi) is 6.45. The Morgan fingerprint density at radius 2 is 2.18 bits per heavy atom. The second-order valence-electron chi connectivity index (χ2n) is 5.89. The third-order valence-corrected chi connectivity index (χ3v) is 4.00. The zero-order valence-corrected chi connectivity index (χ0v) is 11.8. The Bertz CT molecular complexity index is 202. The topological polar surface area (TPSA) is 35.5 Å². The van der Waals surface area contributed by atoms with E-state index in [0.717, 1.165) is 26.1 Å². The Morgan fingerprint density at radius 3 is 2.76 bits per heavy atom. The summed E-state index contributed by atoms with van der Waals surface area (Å²) in [5.74, 6) is 0. The molecule has 1 saturated heterocycles. The third-order valence-electron chi connectivity index (χ3n) is 4.00. The molecule has 0 saturated carbocycles. The van der Waals surface area contributed by atoms with E-state index >= 15 is 0 Å². The molecule has 3 nitrogen and oxygen atoms in total. The molecule has 0 aromatic carbocycles. The summed E-state index contributed by atoms with van der Waals surface area (Å²) in [4.78, 5) is 2.51. The van der Waals surface area contributed by atoms with Gasteiger partial charge in [-0.15, -0.1) is 0 Å². The molecule has 0 aliphatic carbocycles. The maximum absolute atomic E-state index is 9.46. The quantitative estimate of drug-likeness (QED) is 0.715. The van der Waals surface area contributed by atoms with Crippen LogP contribution >= 0.6 is 0 Å². The fourth-order valence-corrected chi connectivity index (χ4v) is 3.22. The van der Waals surface area contributed by atoms with Gasteiger partial charge >= 0.3 is 0 Å². The van der Waals surface area contributed by atoms with Crippen LogP contribution in [0.5, 0.6) is 0 Å². The molecule has 102 valence electrons. The van der Waals surface area contributed by atoms with E-state index in [9.17, 15) is 5.11 Å². The molecule has 0 aromatic rings. The largest absolute Gasteiger partial charge is 0.395 e. The smallest absolute Gasteiger partial charge is 0.0586 e. The predicted molar refractivity (Wildman–Crippen MR) is 73.2 cm³/mol. The molecule has 0 amide bonds. The number of hydrogen-bond acceptors (Lipinski definition) is 3. The van der Waals surface area contributed by atoms with E-state index in [1.807, 2.05) is 7.05 Å². The normalized spacial score (nSPS) is 25.8. The van der Waals surface area contributed by atoms with Crippen LogP contribution in [0, 0.1) is 5.41 Å². The first-order valence-corrected chi connectivity index (χ1v) is 7.14. The minimum atomic E-state index is 0.321. The Balaban J connectivity index is 2.57. The molecule has 1 heterocycles. The number of likely N-dealkylation sites (tertiary alicyclic amines) is 1. The van der Waals surface area contributed by atoms with Crippen LogP contribution in [-0.2, 0) is 0 Å². The van der Waals surface area contributed by atoms with Crippen molar-refractivity contribution >= 4 is 0 Å². The molecule has 3 heteroatoms. The summed E-state index contributed by atoms with van der Waals surface area (Å²) >= 11 is 0. The Hall–Kier alpha value is -0.120. The highest BCUT2D eigenvalue weighted by atomic mass is 16.3. The van der Waals surface area contributed by atoms with Crippen LogP contribution in [0.3, 0.4) is 0 Å². The highest BCUT2D eigenvalue weighted by Crippen LogP contribution is 2.27. The van der Waals surface area contributed by atoms with Gasteiger partial charge in [0.1, 0.15) is 0 Å².